The molecule has 4 heteroatoms. The number of carbonyl (C=O) groups is 1. The summed E-state index contributed by atoms with van der Waals surface area (Å²) in [5.74, 6) is -0.457. The van der Waals surface area contributed by atoms with Gasteiger partial charge in [0.25, 0.3) is 0 Å². The molecule has 2 unspecified atom stereocenters. The molecule has 94 valence electrons. The van der Waals surface area contributed by atoms with Gasteiger partial charge in [0.15, 0.2) is 0 Å². The van der Waals surface area contributed by atoms with E-state index in [1.807, 2.05) is 36.4 Å². The molecule has 0 aliphatic carbocycles. The van der Waals surface area contributed by atoms with E-state index in [9.17, 15) is 9.00 Å². The molecule has 0 amide bonds. The van der Waals surface area contributed by atoms with Crippen LogP contribution in [0.4, 0.5) is 0 Å². The van der Waals surface area contributed by atoms with Crippen molar-refractivity contribution in [2.75, 3.05) is 7.11 Å². The van der Waals surface area contributed by atoms with Crippen molar-refractivity contribution in [1.82, 2.24) is 0 Å². The molecule has 0 fully saturated rings. The van der Waals surface area contributed by atoms with Crippen LogP contribution in [0.15, 0.2) is 47.4 Å². The fourth-order valence-corrected chi connectivity index (χ4v) is 2.87. The second-order valence-electron chi connectivity index (χ2n) is 3.97. The maximum atomic E-state index is 12.2. The number of fused-ring (bicyclic) bond motifs is 1. The molecule has 2 atom stereocenters. The molecule has 0 saturated heterocycles. The molecule has 0 aliphatic heterocycles. The summed E-state index contributed by atoms with van der Waals surface area (Å²) < 4.78 is 16.8. The number of benzene rings is 2. The van der Waals surface area contributed by atoms with Gasteiger partial charge >= 0.3 is 5.97 Å². The van der Waals surface area contributed by atoms with Crippen LogP contribution >= 0.6 is 0 Å². The summed E-state index contributed by atoms with van der Waals surface area (Å²) in [5.41, 5.74) is 0. The summed E-state index contributed by atoms with van der Waals surface area (Å²) in [5, 5.41) is 1.44. The standard InChI is InChI=1S/C14H14O3S/c1-10(14(15)17-2)18(16)13-8-7-11-5-3-4-6-12(11)9-13/h3-10H,1-2H3. The number of methoxy groups -OCH3 is 1. The van der Waals surface area contributed by atoms with Crippen LogP contribution in [0.1, 0.15) is 6.92 Å². The Labute approximate surface area is 108 Å². The number of hydrogen-bond donors (Lipinski definition) is 0. The van der Waals surface area contributed by atoms with Crippen LogP contribution in [-0.4, -0.2) is 22.5 Å². The van der Waals surface area contributed by atoms with Gasteiger partial charge in [0.05, 0.1) is 17.9 Å². The highest BCUT2D eigenvalue weighted by atomic mass is 32.2. The first-order chi connectivity index (χ1) is 8.63. The van der Waals surface area contributed by atoms with Gasteiger partial charge < -0.3 is 4.74 Å². The number of carbonyl (C=O) groups excluding carboxylic acids is 1. The van der Waals surface area contributed by atoms with E-state index in [1.165, 1.54) is 7.11 Å². The topological polar surface area (TPSA) is 43.4 Å². The number of esters is 1. The third-order valence-electron chi connectivity index (χ3n) is 2.81. The van der Waals surface area contributed by atoms with Crippen LogP contribution in [0.2, 0.25) is 0 Å². The van der Waals surface area contributed by atoms with E-state index in [-0.39, 0.29) is 0 Å². The largest absolute Gasteiger partial charge is 0.468 e. The Morgan fingerprint density at radius 1 is 1.17 bits per heavy atom. The van der Waals surface area contributed by atoms with Crippen molar-refractivity contribution in [2.45, 2.75) is 17.1 Å². The molecule has 3 nitrogen and oxygen atoms in total. The summed E-state index contributed by atoms with van der Waals surface area (Å²) in [6, 6.07) is 13.4. The third-order valence-corrected chi connectivity index (χ3v) is 4.36. The van der Waals surface area contributed by atoms with Gasteiger partial charge in [0.2, 0.25) is 0 Å². The first-order valence-electron chi connectivity index (χ1n) is 5.60. The van der Waals surface area contributed by atoms with E-state index in [0.717, 1.165) is 10.8 Å². The highest BCUT2D eigenvalue weighted by molar-refractivity contribution is 7.86. The van der Waals surface area contributed by atoms with Gasteiger partial charge in [-0.3, -0.25) is 9.00 Å². The van der Waals surface area contributed by atoms with Crippen molar-refractivity contribution in [1.29, 1.82) is 0 Å². The highest BCUT2D eigenvalue weighted by Gasteiger charge is 2.22. The quantitative estimate of drug-likeness (QED) is 0.798. The summed E-state index contributed by atoms with van der Waals surface area (Å²) in [7, 11) is -0.0867. The Kier molecular flexibility index (Phi) is 3.77. The Balaban J connectivity index is 2.36. The zero-order chi connectivity index (χ0) is 13.1. The minimum Gasteiger partial charge on any atom is -0.468 e. The van der Waals surface area contributed by atoms with Crippen LogP contribution < -0.4 is 0 Å². The number of ether oxygens (including phenoxy) is 1. The van der Waals surface area contributed by atoms with E-state index < -0.39 is 22.0 Å². The Morgan fingerprint density at radius 2 is 1.83 bits per heavy atom. The van der Waals surface area contributed by atoms with Crippen LogP contribution in [0.25, 0.3) is 10.8 Å². The first-order valence-corrected chi connectivity index (χ1v) is 6.82. The van der Waals surface area contributed by atoms with Crippen molar-refractivity contribution >= 4 is 27.5 Å². The van der Waals surface area contributed by atoms with Gasteiger partial charge in [-0.1, -0.05) is 30.3 Å². The Morgan fingerprint density at radius 3 is 2.50 bits per heavy atom. The zero-order valence-corrected chi connectivity index (χ0v) is 11.1. The summed E-state index contributed by atoms with van der Waals surface area (Å²) in [4.78, 5) is 12.0. The molecule has 2 aromatic rings. The second kappa shape index (κ2) is 5.31. The van der Waals surface area contributed by atoms with E-state index >= 15 is 0 Å². The molecule has 18 heavy (non-hydrogen) atoms. The number of rotatable bonds is 3. The summed E-state index contributed by atoms with van der Waals surface area (Å²) >= 11 is 0. The first kappa shape index (κ1) is 12.8. The van der Waals surface area contributed by atoms with Crippen LogP contribution in [0.3, 0.4) is 0 Å². The van der Waals surface area contributed by atoms with Gasteiger partial charge in [-0.05, 0) is 29.8 Å². The molecule has 0 heterocycles. The Hall–Kier alpha value is -1.68. The fourth-order valence-electron chi connectivity index (χ4n) is 1.75. The smallest absolute Gasteiger partial charge is 0.321 e. The van der Waals surface area contributed by atoms with Crippen molar-refractivity contribution in [3.63, 3.8) is 0 Å². The minimum absolute atomic E-state index is 0.457. The highest BCUT2D eigenvalue weighted by Crippen LogP contribution is 2.20. The molecule has 0 aliphatic rings. The minimum atomic E-state index is -1.39. The average Bonchev–Trinajstić information content (AvgIpc) is 2.44. The summed E-state index contributed by atoms with van der Waals surface area (Å²) in [6.45, 7) is 1.61. The van der Waals surface area contributed by atoms with E-state index in [1.54, 1.807) is 13.0 Å². The second-order valence-corrected chi connectivity index (χ2v) is 5.75. The maximum absolute atomic E-state index is 12.2. The SMILES string of the molecule is COC(=O)C(C)S(=O)c1ccc2ccccc2c1. The molecular weight excluding hydrogens is 248 g/mol. The third kappa shape index (κ3) is 2.43. The molecule has 0 spiro atoms. The Bertz CT molecular complexity index is 607. The van der Waals surface area contributed by atoms with Crippen molar-refractivity contribution in [3.05, 3.63) is 42.5 Å². The van der Waals surface area contributed by atoms with Crippen molar-refractivity contribution in [3.8, 4) is 0 Å². The lowest BCUT2D eigenvalue weighted by atomic mass is 10.1. The molecule has 0 radical (unpaired) electrons. The van der Waals surface area contributed by atoms with Gasteiger partial charge in [-0.25, -0.2) is 0 Å². The van der Waals surface area contributed by atoms with E-state index in [4.69, 9.17) is 0 Å². The van der Waals surface area contributed by atoms with Gasteiger partial charge in [-0.15, -0.1) is 0 Å². The summed E-state index contributed by atoms with van der Waals surface area (Å²) in [6.07, 6.45) is 0. The molecule has 0 N–H and O–H groups in total. The molecule has 2 rings (SSSR count). The number of hydrogen-bond acceptors (Lipinski definition) is 3. The van der Waals surface area contributed by atoms with Gasteiger partial charge in [0.1, 0.15) is 5.25 Å². The maximum Gasteiger partial charge on any atom is 0.321 e. The van der Waals surface area contributed by atoms with E-state index in [0.29, 0.717) is 4.90 Å². The predicted octanol–water partition coefficient (Wildman–Crippen LogP) is 2.51. The molecule has 0 saturated carbocycles. The molecule has 2 aromatic carbocycles. The van der Waals surface area contributed by atoms with Crippen LogP contribution in [-0.2, 0) is 20.3 Å². The molecule has 0 bridgehead atoms. The van der Waals surface area contributed by atoms with Crippen molar-refractivity contribution < 1.29 is 13.7 Å². The van der Waals surface area contributed by atoms with Crippen LogP contribution in [0.5, 0.6) is 0 Å². The van der Waals surface area contributed by atoms with Crippen LogP contribution in [0, 0.1) is 0 Å². The zero-order valence-electron chi connectivity index (χ0n) is 10.3. The molecule has 0 aromatic heterocycles. The van der Waals surface area contributed by atoms with Gasteiger partial charge in [0, 0.05) is 4.90 Å². The van der Waals surface area contributed by atoms with E-state index in [2.05, 4.69) is 4.74 Å². The average molecular weight is 262 g/mol. The predicted molar refractivity (Wildman–Crippen MR) is 71.8 cm³/mol. The lowest BCUT2D eigenvalue weighted by molar-refractivity contribution is -0.139. The molecular formula is C14H14O3S. The fraction of sp³-hybridized carbons (Fsp3) is 0.214. The monoisotopic (exact) mass is 262 g/mol. The normalized spacial score (nSPS) is 14.1. The van der Waals surface area contributed by atoms with Crippen molar-refractivity contribution in [2.24, 2.45) is 0 Å². The lowest BCUT2D eigenvalue weighted by Gasteiger charge is -2.09. The van der Waals surface area contributed by atoms with Gasteiger partial charge in [-0.2, -0.15) is 0 Å². The lowest BCUT2D eigenvalue weighted by Crippen LogP contribution is -2.23.